The van der Waals surface area contributed by atoms with E-state index in [1.54, 1.807) is 0 Å². The van der Waals surface area contributed by atoms with E-state index in [0.717, 1.165) is 11.3 Å². The average molecular weight is 309 g/mol. The molecule has 1 aromatic carbocycles. The molecule has 20 heavy (non-hydrogen) atoms. The van der Waals surface area contributed by atoms with Crippen LogP contribution in [-0.2, 0) is 0 Å². The van der Waals surface area contributed by atoms with Gasteiger partial charge in [-0.2, -0.15) is 10.2 Å². The fraction of sp³-hybridized carbons (Fsp3) is 0.214. The Bertz CT molecular complexity index is 612. The first kappa shape index (κ1) is 14.8. The molecule has 6 heteroatoms. The number of nitrogens with one attached hydrogen (secondary N) is 1. The van der Waals surface area contributed by atoms with Crippen LogP contribution >= 0.6 is 23.2 Å². The summed E-state index contributed by atoms with van der Waals surface area (Å²) in [5.74, 6) is 0.258. The third kappa shape index (κ3) is 3.46. The molecule has 0 amide bonds. The van der Waals surface area contributed by atoms with Crippen molar-refractivity contribution in [2.75, 3.05) is 5.43 Å². The average Bonchev–Trinajstić information content (AvgIpc) is 2.44. The van der Waals surface area contributed by atoms with Gasteiger partial charge in [-0.05, 0) is 11.5 Å². The summed E-state index contributed by atoms with van der Waals surface area (Å²) in [5.41, 5.74) is 5.41. The van der Waals surface area contributed by atoms with Crippen LogP contribution in [0.25, 0.3) is 0 Å². The number of aromatic nitrogens is 2. The Morgan fingerprint density at radius 2 is 1.90 bits per heavy atom. The van der Waals surface area contributed by atoms with Crippen LogP contribution in [0.5, 0.6) is 0 Å². The van der Waals surface area contributed by atoms with Crippen LogP contribution in [-0.4, -0.2) is 15.9 Å². The van der Waals surface area contributed by atoms with Crippen molar-refractivity contribution in [2.45, 2.75) is 13.8 Å². The highest BCUT2D eigenvalue weighted by molar-refractivity contribution is 6.42. The Morgan fingerprint density at radius 1 is 1.20 bits per heavy atom. The molecular weight excluding hydrogens is 295 g/mol. The Hall–Kier alpha value is -1.65. The maximum atomic E-state index is 6.04. The molecule has 0 spiro atoms. The first-order chi connectivity index (χ1) is 9.59. The maximum Gasteiger partial charge on any atom is 0.172 e. The third-order valence-electron chi connectivity index (χ3n) is 2.66. The van der Waals surface area contributed by atoms with Gasteiger partial charge in [-0.3, -0.25) is 5.43 Å². The number of nitrogens with zero attached hydrogens (tertiary/aromatic N) is 3. The SMILES string of the molecule is CC(C)/C(=N/Nc1cnnc(Cl)c1Cl)c1ccccc1. The Morgan fingerprint density at radius 3 is 2.55 bits per heavy atom. The second-order valence-corrected chi connectivity index (χ2v) is 5.23. The number of hydrogen-bond donors (Lipinski definition) is 1. The molecule has 0 fully saturated rings. The topological polar surface area (TPSA) is 50.2 Å². The van der Waals surface area contributed by atoms with Gasteiger partial charge >= 0.3 is 0 Å². The number of rotatable bonds is 4. The molecule has 0 unspecified atom stereocenters. The van der Waals surface area contributed by atoms with Gasteiger partial charge in [0, 0.05) is 0 Å². The molecule has 1 aromatic heterocycles. The van der Waals surface area contributed by atoms with Crippen molar-refractivity contribution in [1.82, 2.24) is 10.2 Å². The molecule has 0 aliphatic rings. The third-order valence-corrected chi connectivity index (χ3v) is 3.41. The minimum atomic E-state index is 0.151. The van der Waals surface area contributed by atoms with Crippen molar-refractivity contribution >= 4 is 34.6 Å². The molecule has 1 heterocycles. The normalized spacial score (nSPS) is 11.8. The zero-order chi connectivity index (χ0) is 14.5. The van der Waals surface area contributed by atoms with E-state index in [9.17, 15) is 0 Å². The van der Waals surface area contributed by atoms with Gasteiger partial charge in [0.15, 0.2) is 5.15 Å². The first-order valence-corrected chi connectivity index (χ1v) is 6.91. The summed E-state index contributed by atoms with van der Waals surface area (Å²) in [4.78, 5) is 0. The summed E-state index contributed by atoms with van der Waals surface area (Å²) >= 11 is 11.9. The molecule has 0 saturated heterocycles. The maximum absolute atomic E-state index is 6.04. The molecular formula is C14H14Cl2N4. The van der Waals surface area contributed by atoms with Crippen LogP contribution in [0.4, 0.5) is 5.69 Å². The van der Waals surface area contributed by atoms with Crippen molar-refractivity contribution < 1.29 is 0 Å². The monoisotopic (exact) mass is 308 g/mol. The Kier molecular flexibility index (Phi) is 4.93. The number of benzene rings is 1. The summed E-state index contributed by atoms with van der Waals surface area (Å²) < 4.78 is 0. The van der Waals surface area contributed by atoms with Gasteiger partial charge in [-0.15, -0.1) is 5.10 Å². The van der Waals surface area contributed by atoms with Crippen LogP contribution in [0.15, 0.2) is 41.6 Å². The molecule has 2 rings (SSSR count). The molecule has 2 aromatic rings. The highest BCUT2D eigenvalue weighted by Gasteiger charge is 2.10. The van der Waals surface area contributed by atoms with Crippen LogP contribution < -0.4 is 5.43 Å². The van der Waals surface area contributed by atoms with Crippen LogP contribution in [0.2, 0.25) is 10.2 Å². The zero-order valence-electron chi connectivity index (χ0n) is 11.1. The molecule has 0 bridgehead atoms. The highest BCUT2D eigenvalue weighted by atomic mass is 35.5. The number of hydrazone groups is 1. The van der Waals surface area contributed by atoms with E-state index in [0.29, 0.717) is 10.7 Å². The van der Waals surface area contributed by atoms with E-state index >= 15 is 0 Å². The number of halogens is 2. The fourth-order valence-electron chi connectivity index (χ4n) is 1.68. The number of hydrogen-bond acceptors (Lipinski definition) is 4. The van der Waals surface area contributed by atoms with E-state index in [1.807, 2.05) is 30.3 Å². The minimum absolute atomic E-state index is 0.151. The predicted octanol–water partition coefficient (Wildman–Crippen LogP) is 4.26. The van der Waals surface area contributed by atoms with Gasteiger partial charge in [0.2, 0.25) is 0 Å². The van der Waals surface area contributed by atoms with Gasteiger partial charge in [0.25, 0.3) is 0 Å². The Balaban J connectivity index is 2.29. The lowest BCUT2D eigenvalue weighted by Crippen LogP contribution is -2.12. The van der Waals surface area contributed by atoms with Gasteiger partial charge in [-0.1, -0.05) is 67.4 Å². The molecule has 1 N–H and O–H groups in total. The molecule has 0 aliphatic carbocycles. The summed E-state index contributed by atoms with van der Waals surface area (Å²) in [6.07, 6.45) is 1.49. The van der Waals surface area contributed by atoms with Gasteiger partial charge in [-0.25, -0.2) is 0 Å². The zero-order valence-corrected chi connectivity index (χ0v) is 12.7. The number of anilines is 1. The summed E-state index contributed by atoms with van der Waals surface area (Å²) in [5, 5.41) is 12.3. The molecule has 0 aliphatic heterocycles. The van der Waals surface area contributed by atoms with Crippen molar-refractivity contribution in [3.8, 4) is 0 Å². The van der Waals surface area contributed by atoms with Crippen LogP contribution in [0.3, 0.4) is 0 Å². The predicted molar refractivity (Wildman–Crippen MR) is 83.5 cm³/mol. The van der Waals surface area contributed by atoms with Gasteiger partial charge < -0.3 is 0 Å². The second-order valence-electron chi connectivity index (χ2n) is 4.49. The molecule has 0 saturated carbocycles. The lowest BCUT2D eigenvalue weighted by Gasteiger charge is -2.11. The molecule has 0 atom stereocenters. The van der Waals surface area contributed by atoms with Crippen molar-refractivity contribution in [1.29, 1.82) is 0 Å². The lowest BCUT2D eigenvalue weighted by molar-refractivity contribution is 0.880. The van der Waals surface area contributed by atoms with E-state index in [-0.39, 0.29) is 11.1 Å². The first-order valence-electron chi connectivity index (χ1n) is 6.15. The molecule has 4 nitrogen and oxygen atoms in total. The van der Waals surface area contributed by atoms with Crippen molar-refractivity contribution in [2.24, 2.45) is 11.0 Å². The van der Waals surface area contributed by atoms with Gasteiger partial charge in [0.1, 0.15) is 5.02 Å². The summed E-state index contributed by atoms with van der Waals surface area (Å²) in [6.45, 7) is 4.15. The largest absolute Gasteiger partial charge is 0.275 e. The van der Waals surface area contributed by atoms with E-state index in [1.165, 1.54) is 6.20 Å². The molecule has 0 radical (unpaired) electrons. The van der Waals surface area contributed by atoms with Crippen molar-refractivity contribution in [3.05, 3.63) is 52.3 Å². The summed E-state index contributed by atoms with van der Waals surface area (Å²) in [7, 11) is 0. The van der Waals surface area contributed by atoms with Crippen LogP contribution in [0, 0.1) is 5.92 Å². The van der Waals surface area contributed by atoms with E-state index in [2.05, 4.69) is 34.6 Å². The highest BCUT2D eigenvalue weighted by Crippen LogP contribution is 2.26. The van der Waals surface area contributed by atoms with Crippen LogP contribution in [0.1, 0.15) is 19.4 Å². The van der Waals surface area contributed by atoms with Gasteiger partial charge in [0.05, 0.1) is 17.6 Å². The Labute approximate surface area is 127 Å². The van der Waals surface area contributed by atoms with E-state index in [4.69, 9.17) is 23.2 Å². The summed E-state index contributed by atoms with van der Waals surface area (Å²) in [6, 6.07) is 9.95. The minimum Gasteiger partial charge on any atom is -0.275 e. The quantitative estimate of drug-likeness (QED) is 0.678. The standard InChI is InChI=1S/C14H14Cl2N4/c1-9(2)13(10-6-4-3-5-7-10)19-18-11-8-17-20-14(16)12(11)15/h3-9H,1-2H3,(H,18,20)/b19-13-. The fourth-order valence-corrected chi connectivity index (χ4v) is 1.96. The lowest BCUT2D eigenvalue weighted by atomic mass is 10.0. The van der Waals surface area contributed by atoms with Crippen molar-refractivity contribution in [3.63, 3.8) is 0 Å². The van der Waals surface area contributed by atoms with E-state index < -0.39 is 0 Å². The second kappa shape index (κ2) is 6.68. The molecule has 104 valence electrons. The smallest absolute Gasteiger partial charge is 0.172 e.